The Bertz CT molecular complexity index is 743. The lowest BCUT2D eigenvalue weighted by atomic mass is 10.0. The average molecular weight is 301 g/mol. The lowest BCUT2D eigenvalue weighted by Crippen LogP contribution is -2.57. The van der Waals surface area contributed by atoms with Crippen molar-refractivity contribution >= 4 is 17.1 Å². The molecule has 0 spiro atoms. The van der Waals surface area contributed by atoms with E-state index >= 15 is 0 Å². The first-order valence-electron chi connectivity index (χ1n) is 5.93. The molecule has 1 aliphatic heterocycles. The molecular weight excluding hydrogens is 289 g/mol. The van der Waals surface area contributed by atoms with Gasteiger partial charge in [-0.15, -0.1) is 0 Å². The van der Waals surface area contributed by atoms with Gasteiger partial charge in [0.05, 0.1) is 12.9 Å². The highest BCUT2D eigenvalue weighted by Crippen LogP contribution is 2.36. The van der Waals surface area contributed by atoms with E-state index in [4.69, 9.17) is 10.5 Å². The third-order valence-electron chi connectivity index (χ3n) is 3.25. The summed E-state index contributed by atoms with van der Waals surface area (Å²) in [5.74, 6) is -3.53. The van der Waals surface area contributed by atoms with Crippen molar-refractivity contribution in [1.82, 2.24) is 19.5 Å². The van der Waals surface area contributed by atoms with Gasteiger partial charge in [-0.25, -0.2) is 9.37 Å². The van der Waals surface area contributed by atoms with Crippen LogP contribution >= 0.6 is 0 Å². The fourth-order valence-electron chi connectivity index (χ4n) is 2.20. The molecule has 4 atom stereocenters. The number of nitrogen functional groups attached to an aromatic ring is 1. The lowest BCUT2D eigenvalue weighted by Gasteiger charge is -2.39. The molecule has 21 heavy (non-hydrogen) atoms. The van der Waals surface area contributed by atoms with E-state index < -0.39 is 36.5 Å². The molecule has 1 saturated heterocycles. The van der Waals surface area contributed by atoms with Crippen LogP contribution in [0.5, 0.6) is 0 Å². The van der Waals surface area contributed by atoms with E-state index in [-0.39, 0.29) is 17.1 Å². The molecule has 0 radical (unpaired) electrons. The number of ether oxygens (including phenoxy) is 1. The van der Waals surface area contributed by atoms with Gasteiger partial charge in [-0.3, -0.25) is 14.3 Å². The number of aliphatic hydroxyl groups is 3. The molecule has 6 N–H and O–H groups in total. The van der Waals surface area contributed by atoms with E-state index in [1.54, 1.807) is 0 Å². The van der Waals surface area contributed by atoms with Crippen molar-refractivity contribution in [1.29, 1.82) is 0 Å². The summed E-state index contributed by atoms with van der Waals surface area (Å²) in [6, 6.07) is 0. The smallest absolute Gasteiger partial charge is 0.281 e. The minimum absolute atomic E-state index is 0.124. The van der Waals surface area contributed by atoms with E-state index in [9.17, 15) is 24.5 Å². The van der Waals surface area contributed by atoms with Crippen LogP contribution < -0.4 is 11.3 Å². The molecule has 0 saturated carbocycles. The van der Waals surface area contributed by atoms with Crippen LogP contribution in [-0.4, -0.2) is 59.5 Å². The first-order valence-corrected chi connectivity index (χ1v) is 5.93. The van der Waals surface area contributed by atoms with E-state index in [1.165, 1.54) is 0 Å². The number of imidazole rings is 1. The molecular formula is C10H12FN5O5. The number of nitrogens with two attached hydrogens (primary N) is 1. The quantitative estimate of drug-likeness (QED) is 0.390. The lowest BCUT2D eigenvalue weighted by molar-refractivity contribution is -0.318. The van der Waals surface area contributed by atoms with Gasteiger partial charge in [0.15, 0.2) is 17.4 Å². The number of rotatable bonds is 1. The number of anilines is 1. The third kappa shape index (κ3) is 1.98. The molecule has 2 aromatic heterocycles. The van der Waals surface area contributed by atoms with Crippen LogP contribution in [-0.2, 0) is 4.74 Å². The molecule has 114 valence electrons. The number of H-pyrrole nitrogens is 1. The Morgan fingerprint density at radius 1 is 1.57 bits per heavy atom. The number of aliphatic hydroxyl groups excluding tert-OH is 2. The summed E-state index contributed by atoms with van der Waals surface area (Å²) in [7, 11) is 0. The second-order valence-electron chi connectivity index (χ2n) is 4.70. The van der Waals surface area contributed by atoms with Crippen LogP contribution in [0.4, 0.5) is 10.3 Å². The zero-order valence-corrected chi connectivity index (χ0v) is 10.5. The van der Waals surface area contributed by atoms with Crippen LogP contribution in [0.15, 0.2) is 11.1 Å². The average Bonchev–Trinajstić information content (AvgIpc) is 2.80. The van der Waals surface area contributed by atoms with Crippen molar-refractivity contribution in [2.45, 2.75) is 24.3 Å². The Morgan fingerprint density at radius 3 is 3.00 bits per heavy atom. The number of aromatic amines is 1. The van der Waals surface area contributed by atoms with Gasteiger partial charge in [-0.05, 0) is 0 Å². The molecule has 11 heteroatoms. The maximum absolute atomic E-state index is 14.3. The molecule has 0 aromatic carbocycles. The summed E-state index contributed by atoms with van der Waals surface area (Å²) in [6.45, 7) is -0.420. The Kier molecular flexibility index (Phi) is 2.95. The Labute approximate surface area is 115 Å². The maximum atomic E-state index is 14.3. The molecule has 1 aliphatic rings. The van der Waals surface area contributed by atoms with Gasteiger partial charge in [0.25, 0.3) is 11.4 Å². The number of alkyl halides is 1. The van der Waals surface area contributed by atoms with E-state index in [0.717, 1.165) is 10.9 Å². The molecule has 1 fully saturated rings. The summed E-state index contributed by atoms with van der Waals surface area (Å²) in [5.41, 5.74) is 4.50. The second kappa shape index (κ2) is 4.46. The summed E-state index contributed by atoms with van der Waals surface area (Å²) >= 11 is 0. The fraction of sp³-hybridized carbons (Fsp3) is 0.500. The monoisotopic (exact) mass is 301 g/mol. The summed E-state index contributed by atoms with van der Waals surface area (Å²) in [5, 5.41) is 28.6. The Hall–Kier alpha value is -2.08. The number of aromatic nitrogens is 4. The van der Waals surface area contributed by atoms with Crippen molar-refractivity contribution in [3.8, 4) is 0 Å². The first kappa shape index (κ1) is 13.9. The van der Waals surface area contributed by atoms with Crippen molar-refractivity contribution < 1.29 is 24.4 Å². The highest BCUT2D eigenvalue weighted by Gasteiger charge is 2.53. The normalized spacial score (nSPS) is 33.4. The van der Waals surface area contributed by atoms with E-state index in [0.29, 0.717) is 0 Å². The number of fused-ring (bicyclic) bond motifs is 1. The number of halogens is 1. The van der Waals surface area contributed by atoms with Gasteiger partial charge < -0.3 is 25.8 Å². The van der Waals surface area contributed by atoms with E-state index in [1.807, 2.05) is 0 Å². The standard InChI is InChI=1S/C10H12FN5O5/c11-10(20)5(18)3(17)1-21-8(10)16-2-13-4-6(16)14-9(12)15-7(4)19/h2-3,5,8,17-18,20H,1H2,(H3,12,14,15,19)/t3-,5-,8-,10+/m1/s1. The molecule has 2 aromatic rings. The number of nitrogens with zero attached hydrogens (tertiary/aromatic N) is 3. The van der Waals surface area contributed by atoms with Crippen molar-refractivity contribution in [2.24, 2.45) is 0 Å². The van der Waals surface area contributed by atoms with E-state index in [2.05, 4.69) is 15.0 Å². The van der Waals surface area contributed by atoms with Crippen molar-refractivity contribution in [2.75, 3.05) is 12.3 Å². The Morgan fingerprint density at radius 2 is 2.29 bits per heavy atom. The van der Waals surface area contributed by atoms with Gasteiger partial charge in [0, 0.05) is 0 Å². The van der Waals surface area contributed by atoms with Gasteiger partial charge in [0.1, 0.15) is 12.2 Å². The molecule has 3 heterocycles. The van der Waals surface area contributed by atoms with Crippen LogP contribution in [0.1, 0.15) is 6.23 Å². The summed E-state index contributed by atoms with van der Waals surface area (Å²) in [6.07, 6.45) is -4.40. The third-order valence-corrected chi connectivity index (χ3v) is 3.25. The maximum Gasteiger partial charge on any atom is 0.281 e. The minimum atomic E-state index is -3.30. The van der Waals surface area contributed by atoms with Crippen LogP contribution in [0, 0.1) is 0 Å². The molecule has 0 unspecified atom stereocenters. The largest absolute Gasteiger partial charge is 0.388 e. The fourth-order valence-corrected chi connectivity index (χ4v) is 2.20. The van der Waals surface area contributed by atoms with Crippen molar-refractivity contribution in [3.63, 3.8) is 0 Å². The summed E-state index contributed by atoms with van der Waals surface area (Å²) in [4.78, 5) is 21.4. The van der Waals surface area contributed by atoms with Crippen molar-refractivity contribution in [3.05, 3.63) is 16.7 Å². The van der Waals surface area contributed by atoms with Crippen LogP contribution in [0.25, 0.3) is 11.2 Å². The molecule has 3 rings (SSSR count). The predicted octanol–water partition coefficient (Wildman–Crippen LogP) is -2.39. The molecule has 0 bridgehead atoms. The number of nitrogens with one attached hydrogen (secondary N) is 1. The van der Waals surface area contributed by atoms with Gasteiger partial charge in [0.2, 0.25) is 5.95 Å². The molecule has 0 aliphatic carbocycles. The SMILES string of the molecule is Nc1nc2c(ncn2[C@@H]2OC[C@@H](O)[C@@H](O)[C@@]2(O)F)c(=O)[nH]1. The highest BCUT2D eigenvalue weighted by atomic mass is 19.2. The van der Waals surface area contributed by atoms with Crippen LogP contribution in [0.3, 0.4) is 0 Å². The van der Waals surface area contributed by atoms with Gasteiger partial charge in [-0.1, -0.05) is 0 Å². The number of hydrogen-bond acceptors (Lipinski definition) is 8. The zero-order valence-electron chi connectivity index (χ0n) is 10.5. The predicted molar refractivity (Wildman–Crippen MR) is 65.6 cm³/mol. The topological polar surface area (TPSA) is 160 Å². The number of hydrogen-bond donors (Lipinski definition) is 5. The second-order valence-corrected chi connectivity index (χ2v) is 4.70. The highest BCUT2D eigenvalue weighted by molar-refractivity contribution is 5.70. The Balaban J connectivity index is 2.14. The molecule has 10 nitrogen and oxygen atoms in total. The van der Waals surface area contributed by atoms with Gasteiger partial charge >= 0.3 is 0 Å². The summed E-state index contributed by atoms with van der Waals surface area (Å²) < 4.78 is 20.2. The minimum Gasteiger partial charge on any atom is -0.388 e. The van der Waals surface area contributed by atoms with Gasteiger partial charge in [-0.2, -0.15) is 4.98 Å². The zero-order chi connectivity index (χ0) is 15.4. The van der Waals surface area contributed by atoms with Crippen LogP contribution in [0.2, 0.25) is 0 Å². The molecule has 0 amide bonds. The first-order chi connectivity index (χ1) is 9.82.